The lowest BCUT2D eigenvalue weighted by atomic mass is 10.1. The third-order valence-corrected chi connectivity index (χ3v) is 7.75. The van der Waals surface area contributed by atoms with Crippen LogP contribution in [0, 0.1) is 0 Å². The zero-order valence-corrected chi connectivity index (χ0v) is 22.4. The van der Waals surface area contributed by atoms with E-state index in [0.29, 0.717) is 27.7 Å². The van der Waals surface area contributed by atoms with Crippen LogP contribution in [0.5, 0.6) is 0 Å². The van der Waals surface area contributed by atoms with Gasteiger partial charge in [0.15, 0.2) is 11.3 Å². The first-order chi connectivity index (χ1) is 19.3. The average molecular weight is 580 g/mol. The second kappa shape index (κ2) is 11.5. The number of rotatable bonds is 10. The standard InChI is InChI=1S/C25H21N7O6S2/c1-15(22(33)30-16-7-9-17(10-8-16)40(35,36)32-24-26-11-4-12-27-24)37-23(34)21-19(13-39-25-28-14-29-31-25)18-5-2-3-6-20(18)38-21/h2-12,14-15H,13H2,1H3,(H,30,33)(H,26,27,32)(H,28,29,31)/t15-/m0/s1. The number of para-hydroxylation sites is 1. The van der Waals surface area contributed by atoms with Gasteiger partial charge >= 0.3 is 5.97 Å². The fourth-order valence-electron chi connectivity index (χ4n) is 3.57. The quantitative estimate of drug-likeness (QED) is 0.162. The van der Waals surface area contributed by atoms with Gasteiger partial charge in [-0.2, -0.15) is 5.10 Å². The molecule has 0 aliphatic carbocycles. The fourth-order valence-corrected chi connectivity index (χ4v) is 5.34. The molecule has 204 valence electrons. The Hall–Kier alpha value is -4.76. The Balaban J connectivity index is 1.24. The number of carbonyl (C=O) groups excluding carboxylic acids is 2. The summed E-state index contributed by atoms with van der Waals surface area (Å²) in [6.07, 6.45) is 3.01. The number of anilines is 2. The van der Waals surface area contributed by atoms with Crippen LogP contribution < -0.4 is 10.0 Å². The molecule has 2 aromatic carbocycles. The lowest BCUT2D eigenvalue weighted by Gasteiger charge is -2.14. The van der Waals surface area contributed by atoms with Gasteiger partial charge in [0.25, 0.3) is 15.9 Å². The first kappa shape index (κ1) is 26.8. The third kappa shape index (κ3) is 6.10. The van der Waals surface area contributed by atoms with Crippen LogP contribution in [0.15, 0.2) is 87.8 Å². The van der Waals surface area contributed by atoms with Crippen LogP contribution in [-0.4, -0.2) is 51.5 Å². The molecule has 0 saturated carbocycles. The van der Waals surface area contributed by atoms with Crippen LogP contribution in [0.3, 0.4) is 0 Å². The van der Waals surface area contributed by atoms with Gasteiger partial charge in [0.2, 0.25) is 11.7 Å². The Morgan fingerprint density at radius 1 is 1.05 bits per heavy atom. The van der Waals surface area contributed by atoms with Gasteiger partial charge in [-0.25, -0.2) is 32.9 Å². The van der Waals surface area contributed by atoms with Gasteiger partial charge in [0.1, 0.15) is 11.9 Å². The molecular formula is C25H21N7O6S2. The van der Waals surface area contributed by atoms with Gasteiger partial charge in [-0.15, -0.1) is 0 Å². The molecule has 0 aliphatic heterocycles. The molecular weight excluding hydrogens is 558 g/mol. The highest BCUT2D eigenvalue weighted by Crippen LogP contribution is 2.31. The molecule has 0 bridgehead atoms. The Labute approximate surface area is 231 Å². The van der Waals surface area contributed by atoms with E-state index in [1.165, 1.54) is 61.7 Å². The van der Waals surface area contributed by atoms with Crippen molar-refractivity contribution in [3.8, 4) is 0 Å². The molecule has 0 spiro atoms. The minimum atomic E-state index is -3.93. The van der Waals surface area contributed by atoms with E-state index in [9.17, 15) is 18.0 Å². The first-order valence-electron chi connectivity index (χ1n) is 11.7. The van der Waals surface area contributed by atoms with Crippen LogP contribution in [0.1, 0.15) is 23.0 Å². The average Bonchev–Trinajstić information content (AvgIpc) is 3.60. The summed E-state index contributed by atoms with van der Waals surface area (Å²) in [6, 6.07) is 14.2. The minimum absolute atomic E-state index is 0.0164. The number of esters is 1. The summed E-state index contributed by atoms with van der Waals surface area (Å²) in [6.45, 7) is 1.42. The number of thioether (sulfide) groups is 1. The van der Waals surface area contributed by atoms with Crippen molar-refractivity contribution in [1.29, 1.82) is 0 Å². The number of ether oxygens (including phenoxy) is 1. The number of nitrogens with zero attached hydrogens (tertiary/aromatic N) is 4. The molecule has 15 heteroatoms. The van der Waals surface area contributed by atoms with E-state index in [1.54, 1.807) is 18.2 Å². The molecule has 0 saturated heterocycles. The summed E-state index contributed by atoms with van der Waals surface area (Å²) in [7, 11) is -3.93. The van der Waals surface area contributed by atoms with Crippen molar-refractivity contribution in [1.82, 2.24) is 25.1 Å². The number of aromatic amines is 1. The lowest BCUT2D eigenvalue weighted by Crippen LogP contribution is -2.30. The molecule has 3 aromatic heterocycles. The van der Waals surface area contributed by atoms with E-state index in [1.807, 2.05) is 12.1 Å². The highest BCUT2D eigenvalue weighted by atomic mass is 32.2. The molecule has 0 aliphatic rings. The summed E-state index contributed by atoms with van der Waals surface area (Å²) >= 11 is 1.33. The first-order valence-corrected chi connectivity index (χ1v) is 14.2. The van der Waals surface area contributed by atoms with Crippen LogP contribution in [0.2, 0.25) is 0 Å². The number of aromatic nitrogens is 5. The van der Waals surface area contributed by atoms with Gasteiger partial charge < -0.3 is 14.5 Å². The van der Waals surface area contributed by atoms with Crippen molar-refractivity contribution in [3.05, 3.63) is 84.6 Å². The van der Waals surface area contributed by atoms with Crippen molar-refractivity contribution in [2.45, 2.75) is 28.8 Å². The van der Waals surface area contributed by atoms with E-state index >= 15 is 0 Å². The van der Waals surface area contributed by atoms with E-state index in [0.717, 1.165) is 5.39 Å². The number of carbonyl (C=O) groups is 2. The number of hydrogen-bond donors (Lipinski definition) is 3. The summed E-state index contributed by atoms with van der Waals surface area (Å²) in [4.78, 5) is 37.5. The van der Waals surface area contributed by atoms with Crippen molar-refractivity contribution >= 4 is 56.3 Å². The van der Waals surface area contributed by atoms with E-state index in [2.05, 4.69) is 35.2 Å². The van der Waals surface area contributed by atoms with Gasteiger partial charge in [-0.1, -0.05) is 30.0 Å². The topological polar surface area (TPSA) is 182 Å². The molecule has 0 unspecified atom stereocenters. The van der Waals surface area contributed by atoms with Crippen LogP contribution in [0.4, 0.5) is 11.6 Å². The Kier molecular flexibility index (Phi) is 7.75. The lowest BCUT2D eigenvalue weighted by molar-refractivity contribution is -0.123. The molecule has 1 amide bonds. The number of nitrogens with one attached hydrogen (secondary N) is 3. The minimum Gasteiger partial charge on any atom is -0.449 e. The second-order valence-corrected chi connectivity index (χ2v) is 10.9. The molecule has 5 aromatic rings. The SMILES string of the molecule is C[C@H](OC(=O)c1oc2ccccc2c1CSc1ncn[nH]1)C(=O)Nc1ccc(S(=O)(=O)Nc2ncccn2)cc1. The number of furan rings is 1. The molecule has 0 radical (unpaired) electrons. The number of benzene rings is 2. The zero-order valence-electron chi connectivity index (χ0n) is 20.8. The maximum absolute atomic E-state index is 13.0. The van der Waals surface area contributed by atoms with Crippen LogP contribution in [0.25, 0.3) is 11.0 Å². The predicted octanol–water partition coefficient (Wildman–Crippen LogP) is 3.62. The predicted molar refractivity (Wildman–Crippen MR) is 145 cm³/mol. The maximum atomic E-state index is 13.0. The van der Waals surface area contributed by atoms with Crippen LogP contribution >= 0.6 is 11.8 Å². The molecule has 5 rings (SSSR count). The summed E-state index contributed by atoms with van der Waals surface area (Å²) in [5.41, 5.74) is 1.40. The van der Waals surface area contributed by atoms with Gasteiger partial charge in [0.05, 0.1) is 4.90 Å². The van der Waals surface area contributed by atoms with E-state index < -0.39 is 28.0 Å². The molecule has 3 N–H and O–H groups in total. The second-order valence-electron chi connectivity index (χ2n) is 8.22. The van der Waals surface area contributed by atoms with Gasteiger partial charge in [0, 0.05) is 34.8 Å². The number of H-pyrrole nitrogens is 1. The number of sulfonamides is 1. The smallest absolute Gasteiger partial charge is 0.375 e. The van der Waals surface area contributed by atoms with Gasteiger partial charge in [-0.05, 0) is 43.3 Å². The number of amides is 1. The largest absolute Gasteiger partial charge is 0.449 e. The summed E-state index contributed by atoms with van der Waals surface area (Å²) in [5.74, 6) is -1.16. The Morgan fingerprint density at radius 2 is 1.80 bits per heavy atom. The van der Waals surface area contributed by atoms with Crippen molar-refractivity contribution in [2.75, 3.05) is 10.0 Å². The molecule has 1 atom stereocenters. The monoisotopic (exact) mass is 579 g/mol. The molecule has 3 heterocycles. The van der Waals surface area contributed by atoms with E-state index in [4.69, 9.17) is 9.15 Å². The number of fused-ring (bicyclic) bond motifs is 1. The van der Waals surface area contributed by atoms with Crippen molar-refractivity contribution < 1.29 is 27.2 Å². The van der Waals surface area contributed by atoms with E-state index in [-0.39, 0.29) is 16.6 Å². The maximum Gasteiger partial charge on any atom is 0.375 e. The normalized spacial score (nSPS) is 12.1. The summed E-state index contributed by atoms with van der Waals surface area (Å²) in [5, 5.41) is 10.5. The highest BCUT2D eigenvalue weighted by molar-refractivity contribution is 7.98. The highest BCUT2D eigenvalue weighted by Gasteiger charge is 2.26. The Bertz CT molecular complexity index is 1740. The van der Waals surface area contributed by atoms with Crippen LogP contribution in [-0.2, 0) is 25.3 Å². The third-order valence-electron chi connectivity index (χ3n) is 5.51. The summed E-state index contributed by atoms with van der Waals surface area (Å²) < 4.78 is 38.6. The molecule has 0 fully saturated rings. The fraction of sp³-hybridized carbons (Fsp3) is 0.120. The van der Waals surface area contributed by atoms with Crippen molar-refractivity contribution in [3.63, 3.8) is 0 Å². The molecule has 13 nitrogen and oxygen atoms in total. The van der Waals surface area contributed by atoms with Crippen molar-refractivity contribution in [2.24, 2.45) is 0 Å². The number of hydrogen-bond acceptors (Lipinski definition) is 11. The van der Waals surface area contributed by atoms with Gasteiger partial charge in [-0.3, -0.25) is 9.89 Å². The zero-order chi connectivity index (χ0) is 28.1. The molecule has 40 heavy (non-hydrogen) atoms. The Morgan fingerprint density at radius 3 is 2.52 bits per heavy atom.